The number of rotatable bonds is 10. The Balaban J connectivity index is 1.86. The summed E-state index contributed by atoms with van der Waals surface area (Å²) in [7, 11) is 0. The van der Waals surface area contributed by atoms with Gasteiger partial charge in [-0.25, -0.2) is 0 Å². The van der Waals surface area contributed by atoms with Crippen LogP contribution in [0.5, 0.6) is 5.75 Å². The average Bonchev–Trinajstić information content (AvgIpc) is 3.27. The lowest BCUT2D eigenvalue weighted by Gasteiger charge is -2.19. The highest BCUT2D eigenvalue weighted by Crippen LogP contribution is 2.28. The molecule has 1 fully saturated rings. The third-order valence-corrected chi connectivity index (χ3v) is 3.91. The molecule has 0 spiro atoms. The molecule has 112 valence electrons. The van der Waals surface area contributed by atoms with Gasteiger partial charge < -0.3 is 10.1 Å². The molecule has 1 aliphatic rings. The van der Waals surface area contributed by atoms with Gasteiger partial charge in [0, 0.05) is 6.04 Å². The second-order valence-corrected chi connectivity index (χ2v) is 5.85. The number of ether oxygens (including phenoxy) is 1. The van der Waals surface area contributed by atoms with Gasteiger partial charge in [0.15, 0.2) is 0 Å². The molecule has 0 aromatic heterocycles. The molecule has 1 saturated carbocycles. The molecule has 0 saturated heterocycles. The lowest BCUT2D eigenvalue weighted by Crippen LogP contribution is -2.20. The molecule has 0 heterocycles. The molecule has 1 unspecified atom stereocenters. The molecule has 2 rings (SSSR count). The summed E-state index contributed by atoms with van der Waals surface area (Å²) >= 11 is 0. The summed E-state index contributed by atoms with van der Waals surface area (Å²) in [5, 5.41) is 3.61. The fourth-order valence-corrected chi connectivity index (χ4v) is 2.57. The van der Waals surface area contributed by atoms with Gasteiger partial charge in [-0.1, -0.05) is 51.7 Å². The molecule has 1 atom stereocenters. The number of unbranched alkanes of at least 4 members (excludes halogenated alkanes) is 3. The number of hydrogen-bond acceptors (Lipinski definition) is 2. The minimum absolute atomic E-state index is 0.486. The molecular weight excluding hydrogens is 246 g/mol. The fourth-order valence-electron chi connectivity index (χ4n) is 2.57. The molecule has 0 amide bonds. The number of benzene rings is 1. The van der Waals surface area contributed by atoms with Crippen LogP contribution >= 0.6 is 0 Å². The van der Waals surface area contributed by atoms with Crippen LogP contribution in [0.2, 0.25) is 0 Å². The van der Waals surface area contributed by atoms with Gasteiger partial charge in [-0.3, -0.25) is 0 Å². The Bertz CT molecular complexity index is 370. The minimum atomic E-state index is 0.486. The first-order chi connectivity index (χ1) is 9.83. The maximum absolute atomic E-state index is 5.81. The van der Waals surface area contributed by atoms with E-state index in [1.54, 1.807) is 0 Å². The second-order valence-electron chi connectivity index (χ2n) is 5.85. The van der Waals surface area contributed by atoms with E-state index in [2.05, 4.69) is 43.4 Å². The fraction of sp³-hybridized carbons (Fsp3) is 0.667. The van der Waals surface area contributed by atoms with Crippen molar-refractivity contribution in [3.05, 3.63) is 29.8 Å². The van der Waals surface area contributed by atoms with Gasteiger partial charge in [-0.15, -0.1) is 0 Å². The average molecular weight is 275 g/mol. The minimum Gasteiger partial charge on any atom is -0.490 e. The smallest absolute Gasteiger partial charge is 0.119 e. The van der Waals surface area contributed by atoms with Crippen molar-refractivity contribution in [1.82, 2.24) is 5.32 Å². The largest absolute Gasteiger partial charge is 0.490 e. The third-order valence-electron chi connectivity index (χ3n) is 3.91. The van der Waals surface area contributed by atoms with E-state index in [9.17, 15) is 0 Å². The van der Waals surface area contributed by atoms with E-state index in [0.717, 1.165) is 12.3 Å². The van der Waals surface area contributed by atoms with Crippen LogP contribution in [0, 0.1) is 0 Å². The first-order valence-corrected chi connectivity index (χ1v) is 8.33. The summed E-state index contributed by atoms with van der Waals surface area (Å²) in [5.41, 5.74) is 1.39. The first kappa shape index (κ1) is 15.4. The first-order valence-electron chi connectivity index (χ1n) is 8.33. The third kappa shape index (κ3) is 5.16. The van der Waals surface area contributed by atoms with Gasteiger partial charge in [0.25, 0.3) is 0 Å². The van der Waals surface area contributed by atoms with Gasteiger partial charge in [-0.2, -0.15) is 0 Å². The summed E-state index contributed by atoms with van der Waals surface area (Å²) in [5.74, 6) is 1.03. The Morgan fingerprint density at radius 1 is 1.10 bits per heavy atom. The molecule has 0 bridgehead atoms. The Morgan fingerprint density at radius 3 is 2.45 bits per heavy atom. The molecule has 1 aromatic carbocycles. The van der Waals surface area contributed by atoms with E-state index in [4.69, 9.17) is 4.74 Å². The van der Waals surface area contributed by atoms with Crippen LogP contribution in [-0.4, -0.2) is 12.6 Å². The summed E-state index contributed by atoms with van der Waals surface area (Å²) in [4.78, 5) is 0. The quantitative estimate of drug-likeness (QED) is 0.616. The number of nitrogens with one attached hydrogen (secondary N) is 1. The molecule has 0 radical (unpaired) electrons. The molecule has 20 heavy (non-hydrogen) atoms. The van der Waals surface area contributed by atoms with Crippen molar-refractivity contribution < 1.29 is 4.74 Å². The predicted molar refractivity (Wildman–Crippen MR) is 85.3 cm³/mol. The highest BCUT2D eigenvalue weighted by Gasteiger charge is 2.23. The highest BCUT2D eigenvalue weighted by atomic mass is 16.5. The molecule has 0 aliphatic heterocycles. The monoisotopic (exact) mass is 275 g/mol. The van der Waals surface area contributed by atoms with Crippen LogP contribution in [0.3, 0.4) is 0 Å². The normalized spacial score (nSPS) is 16.1. The van der Waals surface area contributed by atoms with E-state index in [1.807, 2.05) is 0 Å². The molecule has 2 heteroatoms. The zero-order valence-electron chi connectivity index (χ0n) is 13.0. The molecular formula is C18H29NO. The van der Waals surface area contributed by atoms with Crippen molar-refractivity contribution >= 4 is 0 Å². The van der Waals surface area contributed by atoms with E-state index >= 15 is 0 Å². The van der Waals surface area contributed by atoms with Crippen molar-refractivity contribution in [2.24, 2.45) is 0 Å². The van der Waals surface area contributed by atoms with Crippen molar-refractivity contribution in [2.75, 3.05) is 6.54 Å². The topological polar surface area (TPSA) is 21.3 Å². The Morgan fingerprint density at radius 2 is 1.85 bits per heavy atom. The molecule has 1 aromatic rings. The SMILES string of the molecule is CCCCCCC(NCC)c1ccc(OC2CC2)cc1. The predicted octanol–water partition coefficient (Wildman–Crippen LogP) is 4.85. The van der Waals surface area contributed by atoms with E-state index in [-0.39, 0.29) is 0 Å². The van der Waals surface area contributed by atoms with Gasteiger partial charge >= 0.3 is 0 Å². The van der Waals surface area contributed by atoms with Crippen LogP contribution in [-0.2, 0) is 0 Å². The molecule has 2 nitrogen and oxygen atoms in total. The molecule has 1 N–H and O–H groups in total. The Labute approximate surface area is 123 Å². The van der Waals surface area contributed by atoms with Gasteiger partial charge in [-0.05, 0) is 43.5 Å². The van der Waals surface area contributed by atoms with Gasteiger partial charge in [0.05, 0.1) is 6.10 Å². The maximum atomic E-state index is 5.81. The second kappa shape index (κ2) is 8.31. The van der Waals surface area contributed by atoms with E-state index in [1.165, 1.54) is 50.5 Å². The number of hydrogen-bond donors (Lipinski definition) is 1. The van der Waals surface area contributed by atoms with Crippen LogP contribution in [0.1, 0.15) is 70.4 Å². The molecule has 1 aliphatic carbocycles. The van der Waals surface area contributed by atoms with Crippen LogP contribution in [0.4, 0.5) is 0 Å². The van der Waals surface area contributed by atoms with E-state index < -0.39 is 0 Å². The summed E-state index contributed by atoms with van der Waals surface area (Å²) in [6.45, 7) is 5.47. The van der Waals surface area contributed by atoms with Crippen LogP contribution in [0.25, 0.3) is 0 Å². The Hall–Kier alpha value is -1.02. The van der Waals surface area contributed by atoms with Crippen molar-refractivity contribution in [3.8, 4) is 5.75 Å². The Kier molecular flexibility index (Phi) is 6.38. The van der Waals surface area contributed by atoms with Crippen molar-refractivity contribution in [3.63, 3.8) is 0 Å². The van der Waals surface area contributed by atoms with Crippen molar-refractivity contribution in [1.29, 1.82) is 0 Å². The summed E-state index contributed by atoms with van der Waals surface area (Å²) in [6, 6.07) is 9.20. The zero-order chi connectivity index (χ0) is 14.2. The highest BCUT2D eigenvalue weighted by molar-refractivity contribution is 5.29. The maximum Gasteiger partial charge on any atom is 0.119 e. The van der Waals surface area contributed by atoms with Gasteiger partial charge in [0.1, 0.15) is 5.75 Å². The zero-order valence-corrected chi connectivity index (χ0v) is 13.0. The lowest BCUT2D eigenvalue weighted by molar-refractivity contribution is 0.303. The summed E-state index contributed by atoms with van der Waals surface area (Å²) < 4.78 is 5.81. The van der Waals surface area contributed by atoms with Crippen LogP contribution in [0.15, 0.2) is 24.3 Å². The van der Waals surface area contributed by atoms with Crippen LogP contribution < -0.4 is 10.1 Å². The van der Waals surface area contributed by atoms with Gasteiger partial charge in [0.2, 0.25) is 0 Å². The van der Waals surface area contributed by atoms with E-state index in [0.29, 0.717) is 12.1 Å². The summed E-state index contributed by atoms with van der Waals surface area (Å²) in [6.07, 6.45) is 9.48. The van der Waals surface area contributed by atoms with Crippen molar-refractivity contribution in [2.45, 2.75) is 70.9 Å². The standard InChI is InChI=1S/C18H29NO/c1-3-5-6-7-8-18(19-4-2)15-9-11-16(12-10-15)20-17-13-14-17/h9-12,17-19H,3-8,13-14H2,1-2H3. The lowest BCUT2D eigenvalue weighted by atomic mass is 10.00.